The molecule has 158 valence electrons. The van der Waals surface area contributed by atoms with Gasteiger partial charge in [-0.3, -0.25) is 9.78 Å². The Labute approximate surface area is 183 Å². The van der Waals surface area contributed by atoms with Crippen molar-refractivity contribution in [2.75, 3.05) is 13.1 Å². The standard InChI is InChI=1S/C27H28N2O2/c1-19-24(5-4-6-25(19)26-7-2-3-16-28-26)20-10-12-22(13-11-20)31-23-14-17-29(18-15-23)27(30)21-8-9-21/h2-7,10-13,16,21,23H,8-9,14-15,17-18H2,1H3. The van der Waals surface area contributed by atoms with Crippen LogP contribution in [0.2, 0.25) is 0 Å². The maximum absolute atomic E-state index is 12.2. The molecule has 1 aromatic heterocycles. The van der Waals surface area contributed by atoms with Gasteiger partial charge in [-0.15, -0.1) is 0 Å². The molecule has 2 fully saturated rings. The third-order valence-corrected chi connectivity index (χ3v) is 6.42. The number of aromatic nitrogens is 1. The highest BCUT2D eigenvalue weighted by Crippen LogP contribution is 2.33. The average Bonchev–Trinajstić information content (AvgIpc) is 3.66. The summed E-state index contributed by atoms with van der Waals surface area (Å²) in [7, 11) is 0. The lowest BCUT2D eigenvalue weighted by molar-refractivity contribution is -0.134. The Morgan fingerprint density at radius 1 is 0.903 bits per heavy atom. The van der Waals surface area contributed by atoms with Gasteiger partial charge in [0, 0.05) is 43.6 Å². The first-order valence-corrected chi connectivity index (χ1v) is 11.3. The van der Waals surface area contributed by atoms with Crippen LogP contribution in [0.1, 0.15) is 31.2 Å². The molecule has 1 amide bonds. The van der Waals surface area contributed by atoms with Crippen molar-refractivity contribution in [1.82, 2.24) is 9.88 Å². The molecule has 0 N–H and O–H groups in total. The molecule has 31 heavy (non-hydrogen) atoms. The molecule has 4 nitrogen and oxygen atoms in total. The molecule has 5 rings (SSSR count). The Bertz CT molecular complexity index is 1050. The van der Waals surface area contributed by atoms with Crippen molar-refractivity contribution in [1.29, 1.82) is 0 Å². The zero-order valence-corrected chi connectivity index (χ0v) is 18.0. The van der Waals surface area contributed by atoms with Gasteiger partial charge in [0.1, 0.15) is 11.9 Å². The van der Waals surface area contributed by atoms with Gasteiger partial charge in [-0.2, -0.15) is 0 Å². The predicted octanol–water partition coefficient (Wildman–Crippen LogP) is 5.50. The van der Waals surface area contributed by atoms with Crippen molar-refractivity contribution in [2.45, 2.75) is 38.7 Å². The van der Waals surface area contributed by atoms with E-state index in [0.717, 1.165) is 55.8 Å². The molecule has 0 bridgehead atoms. The van der Waals surface area contributed by atoms with Gasteiger partial charge in [0.25, 0.3) is 0 Å². The molecule has 2 heterocycles. The topological polar surface area (TPSA) is 42.4 Å². The maximum atomic E-state index is 12.2. The lowest BCUT2D eigenvalue weighted by Gasteiger charge is -2.32. The first kappa shape index (κ1) is 19.8. The molecule has 0 atom stereocenters. The van der Waals surface area contributed by atoms with E-state index in [4.69, 9.17) is 4.74 Å². The number of rotatable bonds is 5. The summed E-state index contributed by atoms with van der Waals surface area (Å²) in [6.07, 6.45) is 5.98. The van der Waals surface area contributed by atoms with Gasteiger partial charge in [-0.25, -0.2) is 0 Å². The van der Waals surface area contributed by atoms with Crippen molar-refractivity contribution >= 4 is 5.91 Å². The van der Waals surface area contributed by atoms with Crippen molar-refractivity contribution in [3.63, 3.8) is 0 Å². The molecule has 0 spiro atoms. The second-order valence-electron chi connectivity index (χ2n) is 8.63. The molecule has 1 aliphatic heterocycles. The summed E-state index contributed by atoms with van der Waals surface area (Å²) in [6, 6.07) is 20.8. The molecule has 1 saturated heterocycles. The van der Waals surface area contributed by atoms with Gasteiger partial charge >= 0.3 is 0 Å². The predicted molar refractivity (Wildman–Crippen MR) is 123 cm³/mol. The van der Waals surface area contributed by atoms with E-state index in [9.17, 15) is 4.79 Å². The molecular weight excluding hydrogens is 384 g/mol. The highest BCUT2D eigenvalue weighted by Gasteiger charge is 2.35. The van der Waals surface area contributed by atoms with Crippen LogP contribution in [0.3, 0.4) is 0 Å². The van der Waals surface area contributed by atoms with Crippen LogP contribution in [0.5, 0.6) is 5.75 Å². The van der Waals surface area contributed by atoms with Crippen LogP contribution in [0.25, 0.3) is 22.4 Å². The average molecular weight is 413 g/mol. The molecule has 2 aliphatic rings. The number of hydrogen-bond donors (Lipinski definition) is 0. The maximum Gasteiger partial charge on any atom is 0.225 e. The number of pyridine rings is 1. The Kier molecular flexibility index (Phi) is 5.46. The molecule has 4 heteroatoms. The van der Waals surface area contributed by atoms with Crippen LogP contribution in [-0.2, 0) is 4.79 Å². The summed E-state index contributed by atoms with van der Waals surface area (Å²) in [5.74, 6) is 1.56. The number of nitrogens with zero attached hydrogens (tertiary/aromatic N) is 2. The summed E-state index contributed by atoms with van der Waals surface area (Å²) >= 11 is 0. The van der Waals surface area contributed by atoms with E-state index in [1.165, 1.54) is 16.7 Å². The largest absolute Gasteiger partial charge is 0.490 e. The van der Waals surface area contributed by atoms with Gasteiger partial charge in [0.05, 0.1) is 5.69 Å². The summed E-state index contributed by atoms with van der Waals surface area (Å²) in [5, 5.41) is 0. The van der Waals surface area contributed by atoms with Gasteiger partial charge in [-0.1, -0.05) is 36.4 Å². The lowest BCUT2D eigenvalue weighted by atomic mass is 9.95. The van der Waals surface area contributed by atoms with Crippen molar-refractivity contribution in [3.05, 3.63) is 72.4 Å². The highest BCUT2D eigenvalue weighted by atomic mass is 16.5. The van der Waals surface area contributed by atoms with Crippen LogP contribution in [0.4, 0.5) is 0 Å². The first-order valence-electron chi connectivity index (χ1n) is 11.3. The van der Waals surface area contributed by atoms with E-state index in [2.05, 4.69) is 54.4 Å². The number of amides is 1. The van der Waals surface area contributed by atoms with Gasteiger partial charge in [-0.05, 0) is 60.7 Å². The van der Waals surface area contributed by atoms with Crippen molar-refractivity contribution in [2.24, 2.45) is 5.92 Å². The molecule has 1 saturated carbocycles. The number of carbonyl (C=O) groups is 1. The zero-order chi connectivity index (χ0) is 21.2. The Balaban J connectivity index is 1.25. The third kappa shape index (κ3) is 4.34. The molecule has 0 radical (unpaired) electrons. The zero-order valence-electron chi connectivity index (χ0n) is 18.0. The Morgan fingerprint density at radius 2 is 1.65 bits per heavy atom. The van der Waals surface area contributed by atoms with Crippen LogP contribution in [0.15, 0.2) is 66.9 Å². The Hall–Kier alpha value is -3.14. The SMILES string of the molecule is Cc1c(-c2ccc(OC3CCN(C(=O)C4CC4)CC3)cc2)cccc1-c1ccccn1. The molecule has 2 aromatic carbocycles. The van der Waals surface area contributed by atoms with Crippen molar-refractivity contribution < 1.29 is 9.53 Å². The van der Waals surface area contributed by atoms with Crippen molar-refractivity contribution in [3.8, 4) is 28.1 Å². The summed E-state index contributed by atoms with van der Waals surface area (Å²) in [4.78, 5) is 18.8. The van der Waals surface area contributed by atoms with E-state index in [-0.39, 0.29) is 6.10 Å². The third-order valence-electron chi connectivity index (χ3n) is 6.42. The highest BCUT2D eigenvalue weighted by molar-refractivity contribution is 5.81. The molecular formula is C27H28N2O2. The second kappa shape index (κ2) is 8.54. The molecule has 3 aromatic rings. The van der Waals surface area contributed by atoms with E-state index in [1.54, 1.807) is 0 Å². The number of benzene rings is 2. The van der Waals surface area contributed by atoms with E-state index in [1.807, 2.05) is 29.3 Å². The smallest absolute Gasteiger partial charge is 0.225 e. The number of carbonyl (C=O) groups excluding carboxylic acids is 1. The van der Waals surface area contributed by atoms with Gasteiger partial charge in [0.2, 0.25) is 5.91 Å². The summed E-state index contributed by atoms with van der Waals surface area (Å²) < 4.78 is 6.23. The van der Waals surface area contributed by atoms with Crippen LogP contribution < -0.4 is 4.74 Å². The fourth-order valence-electron chi connectivity index (χ4n) is 4.44. The minimum absolute atomic E-state index is 0.184. The fraction of sp³-hybridized carbons (Fsp3) is 0.333. The summed E-state index contributed by atoms with van der Waals surface area (Å²) in [6.45, 7) is 3.79. The Morgan fingerprint density at radius 3 is 2.32 bits per heavy atom. The van der Waals surface area contributed by atoms with Gasteiger partial charge in [0.15, 0.2) is 0 Å². The second-order valence-corrected chi connectivity index (χ2v) is 8.63. The normalized spacial score (nSPS) is 16.9. The van der Waals surface area contributed by atoms with Crippen LogP contribution in [0, 0.1) is 12.8 Å². The number of hydrogen-bond acceptors (Lipinski definition) is 3. The van der Waals surface area contributed by atoms with Crippen LogP contribution in [-0.4, -0.2) is 35.0 Å². The van der Waals surface area contributed by atoms with E-state index in [0.29, 0.717) is 11.8 Å². The monoisotopic (exact) mass is 412 g/mol. The molecule has 0 unspecified atom stereocenters. The van der Waals surface area contributed by atoms with E-state index < -0.39 is 0 Å². The number of likely N-dealkylation sites (tertiary alicyclic amines) is 1. The summed E-state index contributed by atoms with van der Waals surface area (Å²) in [5.41, 5.74) is 5.76. The minimum atomic E-state index is 0.184. The quantitative estimate of drug-likeness (QED) is 0.555. The lowest BCUT2D eigenvalue weighted by Crippen LogP contribution is -2.42. The van der Waals surface area contributed by atoms with Gasteiger partial charge < -0.3 is 9.64 Å². The van der Waals surface area contributed by atoms with E-state index >= 15 is 0 Å². The fourth-order valence-corrected chi connectivity index (χ4v) is 4.44. The number of ether oxygens (including phenoxy) is 1. The van der Waals surface area contributed by atoms with Crippen LogP contribution >= 0.6 is 0 Å². The number of piperidine rings is 1. The first-order chi connectivity index (χ1) is 15.2. The molecule has 1 aliphatic carbocycles. The minimum Gasteiger partial charge on any atom is -0.490 e.